The molecule has 1 amide bonds. The summed E-state index contributed by atoms with van der Waals surface area (Å²) in [5, 5.41) is 3.17. The van der Waals surface area contributed by atoms with Crippen molar-refractivity contribution in [2.75, 3.05) is 37.4 Å². The highest BCUT2D eigenvalue weighted by Gasteiger charge is 2.18. The van der Waals surface area contributed by atoms with Gasteiger partial charge in [-0.15, -0.1) is 0 Å². The highest BCUT2D eigenvalue weighted by Crippen LogP contribution is 2.19. The number of rotatable bonds is 4. The van der Waals surface area contributed by atoms with Crippen LogP contribution in [0, 0.1) is 0 Å². The van der Waals surface area contributed by atoms with E-state index in [0.29, 0.717) is 11.6 Å². The maximum Gasteiger partial charge on any atom is 0.272 e. The summed E-state index contributed by atoms with van der Waals surface area (Å²) in [4.78, 5) is 25.3. The van der Waals surface area contributed by atoms with E-state index in [-0.39, 0.29) is 5.91 Å². The van der Waals surface area contributed by atoms with E-state index < -0.39 is 0 Å². The fraction of sp³-hybridized carbons (Fsp3) is 0.421. The van der Waals surface area contributed by atoms with Crippen molar-refractivity contribution in [2.45, 2.75) is 25.7 Å². The third-order valence-electron chi connectivity index (χ3n) is 4.41. The van der Waals surface area contributed by atoms with Crippen molar-refractivity contribution >= 4 is 23.2 Å². The maximum atomic E-state index is 12.7. The minimum atomic E-state index is -0.00435. The zero-order valence-electron chi connectivity index (χ0n) is 14.9. The molecule has 2 heterocycles. The topological polar surface area (TPSA) is 61.4 Å². The van der Waals surface area contributed by atoms with Gasteiger partial charge in [-0.2, -0.15) is 0 Å². The summed E-state index contributed by atoms with van der Waals surface area (Å²) in [6.45, 7) is 1.63. The van der Waals surface area contributed by atoms with Gasteiger partial charge >= 0.3 is 0 Å². The van der Waals surface area contributed by atoms with Crippen LogP contribution in [-0.4, -0.2) is 48.0 Å². The van der Waals surface area contributed by atoms with E-state index in [1.54, 1.807) is 12.3 Å². The van der Waals surface area contributed by atoms with Crippen LogP contribution >= 0.6 is 0 Å². The van der Waals surface area contributed by atoms with Gasteiger partial charge in [0.1, 0.15) is 5.69 Å². The van der Waals surface area contributed by atoms with Crippen LogP contribution in [0.5, 0.6) is 0 Å². The molecule has 1 aromatic carbocycles. The average molecular weight is 339 g/mol. The zero-order chi connectivity index (χ0) is 17.6. The van der Waals surface area contributed by atoms with Gasteiger partial charge in [-0.25, -0.2) is 9.97 Å². The lowest BCUT2D eigenvalue weighted by molar-refractivity contribution is 0.0755. The highest BCUT2D eigenvalue weighted by molar-refractivity contribution is 5.92. The van der Waals surface area contributed by atoms with Crippen LogP contribution in [0.4, 0.5) is 17.3 Å². The van der Waals surface area contributed by atoms with Gasteiger partial charge in [-0.05, 0) is 43.2 Å². The summed E-state index contributed by atoms with van der Waals surface area (Å²) in [5.74, 6) is 0.439. The number of carbonyl (C=O) groups is 1. The lowest BCUT2D eigenvalue weighted by atomic mass is 10.2. The Bertz CT molecular complexity index is 706. The molecule has 0 atom stereocenters. The number of likely N-dealkylation sites (tertiary alicyclic amines) is 1. The number of benzene rings is 1. The molecule has 0 spiro atoms. The first-order valence-electron chi connectivity index (χ1n) is 8.80. The van der Waals surface area contributed by atoms with Crippen molar-refractivity contribution in [3.63, 3.8) is 0 Å². The third kappa shape index (κ3) is 4.47. The summed E-state index contributed by atoms with van der Waals surface area (Å²) in [6.07, 6.45) is 6.17. The fourth-order valence-electron chi connectivity index (χ4n) is 2.95. The van der Waals surface area contributed by atoms with Gasteiger partial charge in [0.05, 0.1) is 0 Å². The molecule has 1 aromatic heterocycles. The van der Waals surface area contributed by atoms with E-state index >= 15 is 0 Å². The second-order valence-corrected chi connectivity index (χ2v) is 6.54. The molecule has 6 heteroatoms. The van der Waals surface area contributed by atoms with Gasteiger partial charge in [-0.3, -0.25) is 4.79 Å². The molecule has 6 nitrogen and oxygen atoms in total. The van der Waals surface area contributed by atoms with Crippen LogP contribution in [0.3, 0.4) is 0 Å². The Morgan fingerprint density at radius 3 is 2.36 bits per heavy atom. The molecule has 25 heavy (non-hydrogen) atoms. The standard InChI is InChI=1S/C19H25N5O/c1-23(2)16-9-7-15(8-10-16)21-19-20-12-11-17(22-19)18(25)24-13-5-3-4-6-14-24/h7-12H,3-6,13-14H2,1-2H3,(H,20,21,22). The second kappa shape index (κ2) is 7.96. The smallest absolute Gasteiger partial charge is 0.272 e. The number of nitrogens with zero attached hydrogens (tertiary/aromatic N) is 4. The van der Waals surface area contributed by atoms with E-state index in [1.165, 1.54) is 12.8 Å². The van der Waals surface area contributed by atoms with Crippen LogP contribution in [0.2, 0.25) is 0 Å². The van der Waals surface area contributed by atoms with E-state index in [2.05, 4.69) is 15.3 Å². The SMILES string of the molecule is CN(C)c1ccc(Nc2nccc(C(=O)N3CCCCCC3)n2)cc1. The minimum absolute atomic E-state index is 0.00435. The fourth-order valence-corrected chi connectivity index (χ4v) is 2.95. The highest BCUT2D eigenvalue weighted by atomic mass is 16.2. The van der Waals surface area contributed by atoms with Gasteiger partial charge < -0.3 is 15.1 Å². The van der Waals surface area contributed by atoms with Crippen molar-refractivity contribution in [1.29, 1.82) is 0 Å². The first-order valence-corrected chi connectivity index (χ1v) is 8.80. The summed E-state index contributed by atoms with van der Waals surface area (Å²) in [7, 11) is 4.01. The molecule has 0 radical (unpaired) electrons. The molecular weight excluding hydrogens is 314 g/mol. The molecule has 2 aromatic rings. The molecule has 1 fully saturated rings. The zero-order valence-corrected chi connectivity index (χ0v) is 14.9. The Balaban J connectivity index is 1.71. The minimum Gasteiger partial charge on any atom is -0.378 e. The summed E-state index contributed by atoms with van der Waals surface area (Å²) >= 11 is 0. The first-order chi connectivity index (χ1) is 12.1. The van der Waals surface area contributed by atoms with Gasteiger partial charge in [0.15, 0.2) is 0 Å². The van der Waals surface area contributed by atoms with Crippen LogP contribution in [-0.2, 0) is 0 Å². The largest absolute Gasteiger partial charge is 0.378 e. The van der Waals surface area contributed by atoms with Crippen molar-refractivity contribution in [3.8, 4) is 0 Å². The van der Waals surface area contributed by atoms with E-state index in [4.69, 9.17) is 0 Å². The lowest BCUT2D eigenvalue weighted by Gasteiger charge is -2.19. The Hall–Kier alpha value is -2.63. The number of carbonyl (C=O) groups excluding carboxylic acids is 1. The second-order valence-electron chi connectivity index (χ2n) is 6.54. The van der Waals surface area contributed by atoms with E-state index in [1.807, 2.05) is 48.2 Å². The van der Waals surface area contributed by atoms with Crippen LogP contribution in [0.1, 0.15) is 36.2 Å². The molecule has 1 N–H and O–H groups in total. The number of nitrogens with one attached hydrogen (secondary N) is 1. The molecule has 0 saturated carbocycles. The quantitative estimate of drug-likeness (QED) is 0.926. The molecule has 1 aliphatic heterocycles. The van der Waals surface area contributed by atoms with Gasteiger partial charge in [0.2, 0.25) is 5.95 Å². The molecule has 1 saturated heterocycles. The number of amides is 1. The third-order valence-corrected chi connectivity index (χ3v) is 4.41. The molecule has 0 unspecified atom stereocenters. The van der Waals surface area contributed by atoms with Crippen molar-refractivity contribution < 1.29 is 4.79 Å². The first kappa shape index (κ1) is 17.2. The predicted molar refractivity (Wildman–Crippen MR) is 100 cm³/mol. The maximum absolute atomic E-state index is 12.7. The normalized spacial score (nSPS) is 14.7. The van der Waals surface area contributed by atoms with E-state index in [9.17, 15) is 4.79 Å². The Morgan fingerprint density at radius 1 is 1.04 bits per heavy atom. The molecule has 132 valence electrons. The molecular formula is C19H25N5O. The molecule has 3 rings (SSSR count). The number of hydrogen-bond donors (Lipinski definition) is 1. The van der Waals surface area contributed by atoms with Gasteiger partial charge in [0.25, 0.3) is 5.91 Å². The van der Waals surface area contributed by atoms with Crippen molar-refractivity contribution in [3.05, 3.63) is 42.2 Å². The average Bonchev–Trinajstić information content (AvgIpc) is 2.91. The van der Waals surface area contributed by atoms with E-state index in [0.717, 1.165) is 37.3 Å². The van der Waals surface area contributed by atoms with Gasteiger partial charge in [-0.1, -0.05) is 12.8 Å². The summed E-state index contributed by atoms with van der Waals surface area (Å²) < 4.78 is 0. The van der Waals surface area contributed by atoms with Crippen LogP contribution < -0.4 is 10.2 Å². The summed E-state index contributed by atoms with van der Waals surface area (Å²) in [5.41, 5.74) is 2.46. The molecule has 1 aliphatic rings. The van der Waals surface area contributed by atoms with Crippen molar-refractivity contribution in [2.24, 2.45) is 0 Å². The number of hydrogen-bond acceptors (Lipinski definition) is 5. The number of anilines is 3. The Kier molecular flexibility index (Phi) is 5.48. The van der Waals surface area contributed by atoms with Crippen molar-refractivity contribution in [1.82, 2.24) is 14.9 Å². The number of aromatic nitrogens is 2. The molecule has 0 aliphatic carbocycles. The molecule has 0 bridgehead atoms. The Morgan fingerprint density at radius 2 is 1.72 bits per heavy atom. The van der Waals surface area contributed by atoms with Crippen LogP contribution in [0.15, 0.2) is 36.5 Å². The Labute approximate surface area is 148 Å². The predicted octanol–water partition coefficient (Wildman–Crippen LogP) is 3.30. The van der Waals surface area contributed by atoms with Gasteiger partial charge in [0, 0.05) is 44.8 Å². The summed E-state index contributed by atoms with van der Waals surface area (Å²) in [6, 6.07) is 9.68. The lowest BCUT2D eigenvalue weighted by Crippen LogP contribution is -2.32. The van der Waals surface area contributed by atoms with Crippen LogP contribution in [0.25, 0.3) is 0 Å². The monoisotopic (exact) mass is 339 g/mol.